The van der Waals surface area contributed by atoms with E-state index >= 15 is 0 Å². The molecule has 1 saturated heterocycles. The molecule has 2 N–H and O–H groups in total. The average molecular weight is 536 g/mol. The maximum atomic E-state index is 13.4. The van der Waals surface area contributed by atoms with Crippen LogP contribution in [0.3, 0.4) is 0 Å². The Morgan fingerprint density at radius 1 is 1.18 bits per heavy atom. The Bertz CT molecular complexity index is 1440. The summed E-state index contributed by atoms with van der Waals surface area (Å²) >= 11 is 0. The van der Waals surface area contributed by atoms with Crippen molar-refractivity contribution in [2.45, 2.75) is 94.9 Å². The Morgan fingerprint density at radius 2 is 1.95 bits per heavy atom. The predicted molar refractivity (Wildman–Crippen MR) is 142 cm³/mol. The predicted octanol–water partition coefficient (Wildman–Crippen LogP) is 3.88. The Balaban J connectivity index is 1.41. The molecule has 7 atom stereocenters. The highest BCUT2D eigenvalue weighted by Gasteiger charge is 2.78. The van der Waals surface area contributed by atoms with Crippen molar-refractivity contribution in [1.29, 1.82) is 0 Å². The van der Waals surface area contributed by atoms with Gasteiger partial charge < -0.3 is 29.0 Å². The van der Waals surface area contributed by atoms with Crippen molar-refractivity contribution in [3.05, 3.63) is 47.2 Å². The molecule has 208 valence electrons. The zero-order valence-electron chi connectivity index (χ0n) is 23.3. The first-order valence-electron chi connectivity index (χ1n) is 14.2. The molecule has 8 heteroatoms. The molecule has 3 aliphatic carbocycles. The van der Waals surface area contributed by atoms with Gasteiger partial charge in [-0.05, 0) is 63.7 Å². The lowest BCUT2D eigenvalue weighted by Crippen LogP contribution is -2.74. The summed E-state index contributed by atoms with van der Waals surface area (Å²) in [6, 6.07) is 8.33. The Hall–Kier alpha value is -2.52. The average Bonchev–Trinajstić information content (AvgIpc) is 3.47. The fourth-order valence-electron chi connectivity index (χ4n) is 8.96. The van der Waals surface area contributed by atoms with Gasteiger partial charge in [0.2, 0.25) is 0 Å². The number of carbonyl (C=O) groups excluding carboxylic acids is 2. The highest BCUT2D eigenvalue weighted by Crippen LogP contribution is 2.72. The summed E-state index contributed by atoms with van der Waals surface area (Å²) in [7, 11) is 0. The summed E-state index contributed by atoms with van der Waals surface area (Å²) in [5, 5.41) is 14.4. The Kier molecular flexibility index (Phi) is 5.10. The minimum atomic E-state index is -1.64. The molecule has 3 heterocycles. The number of aromatic amines is 1. The van der Waals surface area contributed by atoms with Crippen LogP contribution in [0.15, 0.2) is 35.9 Å². The van der Waals surface area contributed by atoms with E-state index < -0.39 is 46.0 Å². The number of para-hydroxylation sites is 1. The number of ketones is 1. The third-order valence-corrected chi connectivity index (χ3v) is 10.9. The summed E-state index contributed by atoms with van der Waals surface area (Å²) in [5.41, 5.74) is 0.228. The van der Waals surface area contributed by atoms with E-state index in [4.69, 9.17) is 18.9 Å². The molecule has 8 nitrogen and oxygen atoms in total. The van der Waals surface area contributed by atoms with Gasteiger partial charge in [-0.15, -0.1) is 0 Å². The van der Waals surface area contributed by atoms with Gasteiger partial charge in [0.1, 0.15) is 17.8 Å². The van der Waals surface area contributed by atoms with Gasteiger partial charge in [0.25, 0.3) is 0 Å². The Labute approximate surface area is 228 Å². The number of aliphatic hydroxyl groups is 1. The number of esters is 1. The molecule has 3 fully saturated rings. The monoisotopic (exact) mass is 535 g/mol. The lowest BCUT2D eigenvalue weighted by Gasteiger charge is -2.67. The lowest BCUT2D eigenvalue weighted by molar-refractivity contribution is -0.280. The van der Waals surface area contributed by atoms with Crippen molar-refractivity contribution in [2.24, 2.45) is 11.3 Å². The van der Waals surface area contributed by atoms with Crippen molar-refractivity contribution in [3.8, 4) is 0 Å². The van der Waals surface area contributed by atoms with E-state index in [0.29, 0.717) is 24.8 Å². The van der Waals surface area contributed by atoms with Crippen LogP contribution >= 0.6 is 0 Å². The van der Waals surface area contributed by atoms with Crippen LogP contribution in [0.5, 0.6) is 0 Å². The van der Waals surface area contributed by atoms with E-state index in [2.05, 4.69) is 37.0 Å². The smallest absolute Gasteiger partial charge is 0.332 e. The molecule has 0 radical (unpaired) electrons. The van der Waals surface area contributed by atoms with Gasteiger partial charge in [-0.3, -0.25) is 4.79 Å². The van der Waals surface area contributed by atoms with Crippen LogP contribution in [0, 0.1) is 11.3 Å². The summed E-state index contributed by atoms with van der Waals surface area (Å²) in [5.74, 6) is -1.75. The molecule has 2 saturated carbocycles. The van der Waals surface area contributed by atoms with Crippen LogP contribution < -0.4 is 0 Å². The second-order valence-electron chi connectivity index (χ2n) is 13.0. The largest absolute Gasteiger partial charge is 0.464 e. The SMILES string of the molecule is CCOC(=O)CO[C@H]1C[C@H]2Cc3c([nH]c4ccccc34)[C@]2(C)[C@@]2(C)CCC34O[C@@H](C(=O)C=C3[C@]12O)C(C)(C)O4. The summed E-state index contributed by atoms with van der Waals surface area (Å²) in [6.45, 7) is 9.81. The van der Waals surface area contributed by atoms with Crippen molar-refractivity contribution in [3.63, 3.8) is 0 Å². The quantitative estimate of drug-likeness (QED) is 0.572. The van der Waals surface area contributed by atoms with Gasteiger partial charge >= 0.3 is 5.97 Å². The second kappa shape index (κ2) is 7.81. The number of ether oxygens (including phenoxy) is 4. The second-order valence-corrected chi connectivity index (χ2v) is 13.0. The molecule has 39 heavy (non-hydrogen) atoms. The third kappa shape index (κ3) is 2.93. The van der Waals surface area contributed by atoms with Crippen LogP contribution in [0.1, 0.15) is 65.1 Å². The van der Waals surface area contributed by atoms with E-state index in [0.717, 1.165) is 17.6 Å². The van der Waals surface area contributed by atoms with Gasteiger partial charge in [0.05, 0.1) is 12.7 Å². The molecule has 1 aromatic carbocycles. The fraction of sp³-hybridized carbons (Fsp3) is 0.613. The molecule has 7 rings (SSSR count). The number of aromatic nitrogens is 1. The van der Waals surface area contributed by atoms with Crippen LogP contribution in [0.4, 0.5) is 0 Å². The van der Waals surface area contributed by atoms with Crippen LogP contribution in [0.25, 0.3) is 10.9 Å². The lowest BCUT2D eigenvalue weighted by atomic mass is 9.41. The first-order valence-corrected chi connectivity index (χ1v) is 14.2. The summed E-state index contributed by atoms with van der Waals surface area (Å²) < 4.78 is 24.4. The van der Waals surface area contributed by atoms with Crippen LogP contribution in [-0.2, 0) is 40.4 Å². The van der Waals surface area contributed by atoms with Crippen molar-refractivity contribution in [1.82, 2.24) is 4.98 Å². The number of nitrogens with one attached hydrogen (secondary N) is 1. The topological polar surface area (TPSA) is 107 Å². The van der Waals surface area contributed by atoms with Gasteiger partial charge in [-0.25, -0.2) is 4.79 Å². The number of fused-ring (bicyclic) bond motifs is 9. The minimum Gasteiger partial charge on any atom is -0.464 e. The molecule has 2 bridgehead atoms. The number of H-pyrrole nitrogens is 1. The highest BCUT2D eigenvalue weighted by molar-refractivity contribution is 5.97. The first-order chi connectivity index (χ1) is 18.4. The zero-order chi connectivity index (χ0) is 27.6. The number of hydrogen-bond acceptors (Lipinski definition) is 7. The van der Waals surface area contributed by atoms with Crippen LogP contribution in [-0.4, -0.2) is 64.3 Å². The molecule has 1 spiro atoms. The van der Waals surface area contributed by atoms with E-state index in [9.17, 15) is 14.7 Å². The minimum absolute atomic E-state index is 0.157. The van der Waals surface area contributed by atoms with Crippen LogP contribution in [0.2, 0.25) is 0 Å². The van der Waals surface area contributed by atoms with E-state index in [1.54, 1.807) is 13.0 Å². The van der Waals surface area contributed by atoms with Crippen molar-refractivity contribution < 1.29 is 33.6 Å². The van der Waals surface area contributed by atoms with E-state index in [1.165, 1.54) is 10.9 Å². The molecule has 1 aromatic heterocycles. The first kappa shape index (κ1) is 25.4. The number of hydrogen-bond donors (Lipinski definition) is 2. The fourth-order valence-corrected chi connectivity index (χ4v) is 8.96. The number of carbonyl (C=O) groups is 2. The summed E-state index contributed by atoms with van der Waals surface area (Å²) in [4.78, 5) is 29.5. The molecular formula is C31H37NO7. The molecule has 2 aliphatic heterocycles. The van der Waals surface area contributed by atoms with Crippen molar-refractivity contribution in [2.75, 3.05) is 13.2 Å². The summed E-state index contributed by atoms with van der Waals surface area (Å²) in [6.07, 6.45) is 2.51. The standard InChI is InChI=1S/C31H37NO7/c1-6-36-24(34)16-37-23-14-17-13-19-18-9-7-8-10-20(18)32-25(19)29(17,5)28(4)11-12-30-22(31(23,28)35)15-21(33)26(38-30)27(2,3)39-30/h7-10,15,17,23,26,32,35H,6,11-14,16H2,1-5H3/t17-,23+,26+,28-,29-,30?,31+/m1/s1. The van der Waals surface area contributed by atoms with Gasteiger partial charge in [0, 0.05) is 39.4 Å². The Morgan fingerprint density at radius 3 is 2.72 bits per heavy atom. The van der Waals surface area contributed by atoms with E-state index in [1.807, 2.05) is 19.9 Å². The van der Waals surface area contributed by atoms with Gasteiger partial charge in [-0.1, -0.05) is 32.0 Å². The van der Waals surface area contributed by atoms with Gasteiger partial charge in [0.15, 0.2) is 17.7 Å². The molecule has 5 aliphatic rings. The maximum Gasteiger partial charge on any atom is 0.332 e. The molecule has 2 aromatic rings. The van der Waals surface area contributed by atoms with E-state index in [-0.39, 0.29) is 24.9 Å². The van der Waals surface area contributed by atoms with Gasteiger partial charge in [-0.2, -0.15) is 0 Å². The molecule has 0 amide bonds. The number of benzene rings is 1. The maximum absolute atomic E-state index is 13.4. The molecule has 1 unspecified atom stereocenters. The number of rotatable bonds is 4. The zero-order valence-corrected chi connectivity index (χ0v) is 23.3. The molecular weight excluding hydrogens is 498 g/mol. The third-order valence-electron chi connectivity index (χ3n) is 10.9. The normalized spacial score (nSPS) is 41.4. The highest BCUT2D eigenvalue weighted by atomic mass is 16.8. The van der Waals surface area contributed by atoms with Crippen molar-refractivity contribution >= 4 is 22.7 Å².